The third-order valence-corrected chi connectivity index (χ3v) is 6.47. The number of thiophene rings is 1. The first-order valence-corrected chi connectivity index (χ1v) is 9.31. The number of methoxy groups -OCH3 is 1. The van der Waals surface area contributed by atoms with Crippen molar-refractivity contribution >= 4 is 48.9 Å². The molecule has 0 aliphatic carbocycles. The number of hydrogen-bond acceptors (Lipinski definition) is 4. The van der Waals surface area contributed by atoms with Gasteiger partial charge in [-0.25, -0.2) is 8.42 Å². The zero-order valence-electron chi connectivity index (χ0n) is 11.3. The number of hydrogen-bond donors (Lipinski definition) is 0. The van der Waals surface area contributed by atoms with Gasteiger partial charge in [-0.05, 0) is 46.3 Å². The summed E-state index contributed by atoms with van der Waals surface area (Å²) < 4.78 is 32.7. The zero-order valence-corrected chi connectivity index (χ0v) is 15.3. The van der Waals surface area contributed by atoms with Crippen LogP contribution in [-0.4, -0.2) is 26.9 Å². The Labute approximate surface area is 141 Å². The lowest BCUT2D eigenvalue weighted by Crippen LogP contribution is -2.26. The van der Waals surface area contributed by atoms with E-state index < -0.39 is 10.0 Å². The van der Waals surface area contributed by atoms with E-state index in [9.17, 15) is 8.42 Å². The third-order valence-electron chi connectivity index (χ3n) is 2.84. The van der Waals surface area contributed by atoms with Crippen LogP contribution >= 0.6 is 38.9 Å². The molecule has 0 aliphatic rings. The molecule has 21 heavy (non-hydrogen) atoms. The molecule has 1 heterocycles. The van der Waals surface area contributed by atoms with Crippen molar-refractivity contribution in [2.24, 2.45) is 0 Å². The van der Waals surface area contributed by atoms with Gasteiger partial charge >= 0.3 is 0 Å². The van der Waals surface area contributed by atoms with Crippen LogP contribution in [0.15, 0.2) is 39.7 Å². The van der Waals surface area contributed by atoms with Crippen LogP contribution in [0.1, 0.15) is 4.88 Å². The third kappa shape index (κ3) is 3.78. The predicted octanol–water partition coefficient (Wildman–Crippen LogP) is 3.99. The molecule has 0 spiro atoms. The predicted molar refractivity (Wildman–Crippen MR) is 88.7 cm³/mol. The van der Waals surface area contributed by atoms with Gasteiger partial charge < -0.3 is 4.74 Å². The summed E-state index contributed by atoms with van der Waals surface area (Å²) in [4.78, 5) is 1.10. The highest BCUT2D eigenvalue weighted by Crippen LogP contribution is 2.29. The maximum atomic E-state index is 12.5. The van der Waals surface area contributed by atoms with E-state index in [2.05, 4.69) is 15.9 Å². The Kier molecular flexibility index (Phi) is 5.32. The fraction of sp³-hybridized carbons (Fsp3) is 0.231. The topological polar surface area (TPSA) is 46.6 Å². The minimum absolute atomic E-state index is 0.209. The smallest absolute Gasteiger partial charge is 0.243 e. The van der Waals surface area contributed by atoms with Crippen LogP contribution in [0.4, 0.5) is 0 Å². The molecule has 1 aromatic carbocycles. The van der Waals surface area contributed by atoms with Crippen molar-refractivity contribution in [3.05, 3.63) is 44.0 Å². The average molecular weight is 411 g/mol. The average Bonchev–Trinajstić information content (AvgIpc) is 2.83. The summed E-state index contributed by atoms with van der Waals surface area (Å²) in [6.45, 7) is 0.281. The van der Waals surface area contributed by atoms with Crippen LogP contribution < -0.4 is 4.74 Å². The summed E-state index contributed by atoms with van der Waals surface area (Å²) in [5, 5.41) is 0. The first-order valence-electron chi connectivity index (χ1n) is 5.88. The van der Waals surface area contributed by atoms with Gasteiger partial charge in [-0.15, -0.1) is 11.3 Å². The van der Waals surface area contributed by atoms with Gasteiger partial charge in [0.2, 0.25) is 10.0 Å². The Morgan fingerprint density at radius 1 is 1.33 bits per heavy atom. The second kappa shape index (κ2) is 6.66. The molecule has 0 unspecified atom stereocenters. The maximum absolute atomic E-state index is 12.5. The second-order valence-corrected chi connectivity index (χ2v) is 8.96. The van der Waals surface area contributed by atoms with Crippen molar-refractivity contribution in [3.8, 4) is 5.75 Å². The molecule has 0 atom stereocenters. The van der Waals surface area contributed by atoms with E-state index in [1.807, 2.05) is 6.07 Å². The zero-order chi connectivity index (χ0) is 15.6. The van der Waals surface area contributed by atoms with Gasteiger partial charge in [-0.3, -0.25) is 0 Å². The van der Waals surface area contributed by atoms with E-state index in [1.54, 1.807) is 19.2 Å². The van der Waals surface area contributed by atoms with Gasteiger partial charge in [0.05, 0.1) is 20.8 Å². The molecular formula is C13H13BrClNO3S2. The van der Waals surface area contributed by atoms with Crippen LogP contribution in [0.2, 0.25) is 4.34 Å². The van der Waals surface area contributed by atoms with E-state index in [-0.39, 0.29) is 11.4 Å². The summed E-state index contributed by atoms with van der Waals surface area (Å²) in [6.07, 6.45) is 0. The SMILES string of the molecule is COc1ccc(S(=O)(=O)N(C)Cc2ccc(Cl)s2)cc1Br. The van der Waals surface area contributed by atoms with E-state index in [0.29, 0.717) is 14.6 Å². The first-order chi connectivity index (χ1) is 9.84. The number of sulfonamides is 1. The Bertz CT molecular complexity index is 746. The Balaban J connectivity index is 2.26. The van der Waals surface area contributed by atoms with Crippen molar-refractivity contribution in [1.82, 2.24) is 4.31 Å². The highest BCUT2D eigenvalue weighted by atomic mass is 79.9. The summed E-state index contributed by atoms with van der Waals surface area (Å²) >= 11 is 10.5. The van der Waals surface area contributed by atoms with Gasteiger partial charge in [0.1, 0.15) is 5.75 Å². The quantitative estimate of drug-likeness (QED) is 0.748. The molecule has 0 radical (unpaired) electrons. The molecule has 0 amide bonds. The normalized spacial score (nSPS) is 11.9. The lowest BCUT2D eigenvalue weighted by Gasteiger charge is -2.17. The number of rotatable bonds is 5. The summed E-state index contributed by atoms with van der Waals surface area (Å²) in [5.74, 6) is 0.585. The molecule has 0 saturated heterocycles. The number of halogens is 2. The minimum Gasteiger partial charge on any atom is -0.496 e. The standard InChI is InChI=1S/C13H13BrClNO3S2/c1-16(8-9-3-6-13(15)20-9)21(17,18)10-4-5-12(19-2)11(14)7-10/h3-7H,8H2,1-2H3. The molecule has 2 aromatic rings. The molecule has 0 N–H and O–H groups in total. The Hall–Kier alpha value is -0.600. The van der Waals surface area contributed by atoms with Crippen LogP contribution in [0, 0.1) is 0 Å². The monoisotopic (exact) mass is 409 g/mol. The van der Waals surface area contributed by atoms with Gasteiger partial charge in [0.15, 0.2) is 0 Å². The second-order valence-electron chi connectivity index (χ2n) is 4.26. The summed E-state index contributed by atoms with van der Waals surface area (Å²) in [7, 11) is -0.493. The lowest BCUT2D eigenvalue weighted by atomic mass is 10.3. The molecule has 0 fully saturated rings. The molecule has 1 aromatic heterocycles. The van der Waals surface area contributed by atoms with Crippen molar-refractivity contribution in [2.45, 2.75) is 11.4 Å². The van der Waals surface area contributed by atoms with Crippen LogP contribution in [0.5, 0.6) is 5.75 Å². The van der Waals surface area contributed by atoms with Gasteiger partial charge in [-0.1, -0.05) is 11.6 Å². The largest absolute Gasteiger partial charge is 0.496 e. The van der Waals surface area contributed by atoms with Gasteiger partial charge in [-0.2, -0.15) is 4.31 Å². The van der Waals surface area contributed by atoms with E-state index in [0.717, 1.165) is 4.88 Å². The number of benzene rings is 1. The fourth-order valence-corrected chi connectivity index (χ4v) is 4.82. The first kappa shape index (κ1) is 16.8. The Morgan fingerprint density at radius 2 is 2.05 bits per heavy atom. The summed E-state index contributed by atoms with van der Waals surface area (Å²) in [6, 6.07) is 8.25. The van der Waals surface area contributed by atoms with Gasteiger partial charge in [0.25, 0.3) is 0 Å². The summed E-state index contributed by atoms with van der Waals surface area (Å²) in [5.41, 5.74) is 0. The van der Waals surface area contributed by atoms with E-state index in [1.165, 1.54) is 34.9 Å². The van der Waals surface area contributed by atoms with Crippen molar-refractivity contribution in [3.63, 3.8) is 0 Å². The van der Waals surface area contributed by atoms with Crippen molar-refractivity contribution in [1.29, 1.82) is 0 Å². The fourth-order valence-electron chi connectivity index (χ4n) is 1.73. The molecule has 0 aliphatic heterocycles. The highest BCUT2D eigenvalue weighted by Gasteiger charge is 2.22. The maximum Gasteiger partial charge on any atom is 0.243 e. The highest BCUT2D eigenvalue weighted by molar-refractivity contribution is 9.10. The molecule has 8 heteroatoms. The molecule has 4 nitrogen and oxygen atoms in total. The molecule has 114 valence electrons. The Morgan fingerprint density at radius 3 is 2.57 bits per heavy atom. The molecular weight excluding hydrogens is 398 g/mol. The number of ether oxygens (including phenoxy) is 1. The molecule has 0 bridgehead atoms. The van der Waals surface area contributed by atoms with E-state index >= 15 is 0 Å². The molecule has 2 rings (SSSR count). The molecule has 0 saturated carbocycles. The van der Waals surface area contributed by atoms with E-state index in [4.69, 9.17) is 16.3 Å². The minimum atomic E-state index is -3.56. The van der Waals surface area contributed by atoms with Crippen LogP contribution in [0.3, 0.4) is 0 Å². The number of nitrogens with zero attached hydrogens (tertiary/aromatic N) is 1. The van der Waals surface area contributed by atoms with Crippen molar-refractivity contribution in [2.75, 3.05) is 14.2 Å². The van der Waals surface area contributed by atoms with Crippen LogP contribution in [0.25, 0.3) is 0 Å². The van der Waals surface area contributed by atoms with Gasteiger partial charge in [0, 0.05) is 18.5 Å². The van der Waals surface area contributed by atoms with Crippen LogP contribution in [-0.2, 0) is 16.6 Å². The van der Waals surface area contributed by atoms with Crippen molar-refractivity contribution < 1.29 is 13.2 Å². The lowest BCUT2D eigenvalue weighted by molar-refractivity contribution is 0.411.